The van der Waals surface area contributed by atoms with Gasteiger partial charge in [0.25, 0.3) is 0 Å². The zero-order chi connectivity index (χ0) is 12.1. The van der Waals surface area contributed by atoms with Crippen molar-refractivity contribution in [1.29, 1.82) is 0 Å². The summed E-state index contributed by atoms with van der Waals surface area (Å²) in [6.07, 6.45) is 0.467. The Kier molecular flexibility index (Phi) is 4.34. The summed E-state index contributed by atoms with van der Waals surface area (Å²) in [5, 5.41) is 2.52. The van der Waals surface area contributed by atoms with Gasteiger partial charge in [0.1, 0.15) is 0 Å². The molecule has 0 spiro atoms. The highest BCUT2D eigenvalue weighted by Crippen LogP contribution is 2.15. The maximum absolute atomic E-state index is 13.1. The molecule has 0 radical (unpaired) electrons. The van der Waals surface area contributed by atoms with E-state index < -0.39 is 17.5 Å². The first-order chi connectivity index (χ1) is 7.56. The Morgan fingerprint density at radius 3 is 2.56 bits per heavy atom. The summed E-state index contributed by atoms with van der Waals surface area (Å²) in [7, 11) is 0. The Bertz CT molecular complexity index is 393. The standard InChI is InChI=1S/C11H12F3NO/c1-2-9(16)15-6-5-7-3-4-8(12)11(14)10(7)13/h3-4H,2,5-6H2,1H3,(H,15,16). The fourth-order valence-corrected chi connectivity index (χ4v) is 1.22. The molecule has 1 N–H and O–H groups in total. The Hall–Kier alpha value is -1.52. The van der Waals surface area contributed by atoms with Crippen LogP contribution < -0.4 is 5.32 Å². The van der Waals surface area contributed by atoms with Crippen LogP contribution in [-0.2, 0) is 11.2 Å². The molecule has 0 heterocycles. The maximum Gasteiger partial charge on any atom is 0.219 e. The zero-order valence-corrected chi connectivity index (χ0v) is 8.82. The highest BCUT2D eigenvalue weighted by Gasteiger charge is 2.12. The summed E-state index contributed by atoms with van der Waals surface area (Å²) in [5.41, 5.74) is 0.0512. The van der Waals surface area contributed by atoms with E-state index in [0.29, 0.717) is 6.42 Å². The Labute approximate surface area is 91.5 Å². The number of nitrogens with one attached hydrogen (secondary N) is 1. The van der Waals surface area contributed by atoms with Gasteiger partial charge in [-0.2, -0.15) is 0 Å². The van der Waals surface area contributed by atoms with Gasteiger partial charge in [-0.3, -0.25) is 4.79 Å². The largest absolute Gasteiger partial charge is 0.356 e. The predicted molar refractivity (Wildman–Crippen MR) is 53.3 cm³/mol. The van der Waals surface area contributed by atoms with Gasteiger partial charge < -0.3 is 5.32 Å². The third-order valence-corrected chi connectivity index (χ3v) is 2.15. The molecule has 0 unspecified atom stereocenters. The van der Waals surface area contributed by atoms with Crippen molar-refractivity contribution in [2.75, 3.05) is 6.54 Å². The average molecular weight is 231 g/mol. The highest BCUT2D eigenvalue weighted by molar-refractivity contribution is 5.75. The van der Waals surface area contributed by atoms with Crippen LogP contribution in [0.25, 0.3) is 0 Å². The lowest BCUT2D eigenvalue weighted by Gasteiger charge is -2.05. The molecule has 16 heavy (non-hydrogen) atoms. The maximum atomic E-state index is 13.1. The summed E-state index contributed by atoms with van der Waals surface area (Å²) >= 11 is 0. The molecule has 2 nitrogen and oxygen atoms in total. The molecule has 0 saturated heterocycles. The molecule has 0 atom stereocenters. The van der Waals surface area contributed by atoms with Gasteiger partial charge in [-0.05, 0) is 18.1 Å². The van der Waals surface area contributed by atoms with Gasteiger partial charge in [-0.25, -0.2) is 13.2 Å². The third kappa shape index (κ3) is 2.98. The number of hydrogen-bond donors (Lipinski definition) is 1. The van der Waals surface area contributed by atoms with Crippen molar-refractivity contribution in [3.05, 3.63) is 35.1 Å². The van der Waals surface area contributed by atoms with Crippen molar-refractivity contribution >= 4 is 5.91 Å². The van der Waals surface area contributed by atoms with Crippen molar-refractivity contribution in [3.63, 3.8) is 0 Å². The normalized spacial score (nSPS) is 10.2. The number of amides is 1. The van der Waals surface area contributed by atoms with E-state index in [1.807, 2.05) is 0 Å². The molecule has 0 aliphatic heterocycles. The van der Waals surface area contributed by atoms with Crippen molar-refractivity contribution in [3.8, 4) is 0 Å². The fourth-order valence-electron chi connectivity index (χ4n) is 1.22. The number of carbonyl (C=O) groups is 1. The number of halogens is 3. The van der Waals surface area contributed by atoms with Gasteiger partial charge >= 0.3 is 0 Å². The molecule has 1 aromatic rings. The second-order valence-corrected chi connectivity index (χ2v) is 3.29. The first-order valence-corrected chi connectivity index (χ1v) is 4.95. The summed E-state index contributed by atoms with van der Waals surface area (Å²) in [5.74, 6) is -4.04. The van der Waals surface area contributed by atoms with Crippen LogP contribution in [-0.4, -0.2) is 12.5 Å². The van der Waals surface area contributed by atoms with E-state index in [1.165, 1.54) is 6.07 Å². The van der Waals surface area contributed by atoms with Crippen molar-refractivity contribution in [1.82, 2.24) is 5.32 Å². The summed E-state index contributed by atoms with van der Waals surface area (Å²) in [6, 6.07) is 2.04. The lowest BCUT2D eigenvalue weighted by atomic mass is 10.1. The smallest absolute Gasteiger partial charge is 0.219 e. The molecule has 1 rings (SSSR count). The monoisotopic (exact) mass is 231 g/mol. The molecule has 5 heteroatoms. The van der Waals surface area contributed by atoms with Gasteiger partial charge in [-0.15, -0.1) is 0 Å². The number of hydrogen-bond acceptors (Lipinski definition) is 1. The van der Waals surface area contributed by atoms with Crippen molar-refractivity contribution in [2.24, 2.45) is 0 Å². The molecular formula is C11H12F3NO. The van der Waals surface area contributed by atoms with E-state index in [-0.39, 0.29) is 24.4 Å². The average Bonchev–Trinajstić information content (AvgIpc) is 2.29. The molecule has 1 aromatic carbocycles. The van der Waals surface area contributed by atoms with Crippen LogP contribution in [0.2, 0.25) is 0 Å². The summed E-state index contributed by atoms with van der Waals surface area (Å²) < 4.78 is 38.5. The van der Waals surface area contributed by atoms with E-state index in [0.717, 1.165) is 6.07 Å². The van der Waals surface area contributed by atoms with Gasteiger partial charge in [-0.1, -0.05) is 13.0 Å². The van der Waals surface area contributed by atoms with E-state index in [2.05, 4.69) is 5.32 Å². The minimum atomic E-state index is -1.47. The highest BCUT2D eigenvalue weighted by atomic mass is 19.2. The Morgan fingerprint density at radius 1 is 1.25 bits per heavy atom. The second kappa shape index (κ2) is 5.53. The van der Waals surface area contributed by atoms with E-state index in [9.17, 15) is 18.0 Å². The van der Waals surface area contributed by atoms with Crippen LogP contribution in [0, 0.1) is 17.5 Å². The van der Waals surface area contributed by atoms with Crippen molar-refractivity contribution < 1.29 is 18.0 Å². The number of carbonyl (C=O) groups excluding carboxylic acids is 1. The lowest BCUT2D eigenvalue weighted by molar-refractivity contribution is -0.120. The number of benzene rings is 1. The minimum Gasteiger partial charge on any atom is -0.356 e. The second-order valence-electron chi connectivity index (χ2n) is 3.29. The summed E-state index contributed by atoms with van der Waals surface area (Å²) in [6.45, 7) is 1.89. The van der Waals surface area contributed by atoms with Crippen LogP contribution in [0.4, 0.5) is 13.2 Å². The van der Waals surface area contributed by atoms with Crippen LogP contribution in [0.5, 0.6) is 0 Å². The first-order valence-electron chi connectivity index (χ1n) is 4.95. The fraction of sp³-hybridized carbons (Fsp3) is 0.364. The zero-order valence-electron chi connectivity index (χ0n) is 8.82. The minimum absolute atomic E-state index is 0.0512. The third-order valence-electron chi connectivity index (χ3n) is 2.15. The van der Waals surface area contributed by atoms with Gasteiger partial charge in [0.15, 0.2) is 17.5 Å². The molecule has 0 bridgehead atoms. The summed E-state index contributed by atoms with van der Waals surface area (Å²) in [4.78, 5) is 10.9. The van der Waals surface area contributed by atoms with Crippen molar-refractivity contribution in [2.45, 2.75) is 19.8 Å². The van der Waals surface area contributed by atoms with Crippen LogP contribution in [0.3, 0.4) is 0 Å². The molecule has 1 amide bonds. The van der Waals surface area contributed by atoms with E-state index in [1.54, 1.807) is 6.92 Å². The lowest BCUT2D eigenvalue weighted by Crippen LogP contribution is -2.24. The van der Waals surface area contributed by atoms with Gasteiger partial charge in [0.2, 0.25) is 5.91 Å². The molecule has 0 saturated carbocycles. The molecular weight excluding hydrogens is 219 g/mol. The number of rotatable bonds is 4. The molecule has 0 fully saturated rings. The van der Waals surface area contributed by atoms with Gasteiger partial charge in [0, 0.05) is 13.0 Å². The first kappa shape index (κ1) is 12.5. The van der Waals surface area contributed by atoms with Crippen LogP contribution in [0.15, 0.2) is 12.1 Å². The van der Waals surface area contributed by atoms with Crippen LogP contribution >= 0.6 is 0 Å². The van der Waals surface area contributed by atoms with E-state index in [4.69, 9.17) is 0 Å². The predicted octanol–water partition coefficient (Wildman–Crippen LogP) is 2.17. The Morgan fingerprint density at radius 2 is 1.94 bits per heavy atom. The molecule has 0 aromatic heterocycles. The van der Waals surface area contributed by atoms with Gasteiger partial charge in [0.05, 0.1) is 0 Å². The quantitative estimate of drug-likeness (QED) is 0.790. The van der Waals surface area contributed by atoms with E-state index >= 15 is 0 Å². The molecule has 88 valence electrons. The molecule has 0 aliphatic carbocycles. The topological polar surface area (TPSA) is 29.1 Å². The van der Waals surface area contributed by atoms with Crippen LogP contribution in [0.1, 0.15) is 18.9 Å². The SMILES string of the molecule is CCC(=O)NCCc1ccc(F)c(F)c1F. The Balaban J connectivity index is 2.61. The molecule has 0 aliphatic rings.